The molecular formula is C12H14ClN3O2S. The summed E-state index contributed by atoms with van der Waals surface area (Å²) in [5.74, 6) is -0.0895. The summed E-state index contributed by atoms with van der Waals surface area (Å²) in [5, 5.41) is 10.2. The third kappa shape index (κ3) is 3.39. The van der Waals surface area contributed by atoms with Crippen LogP contribution in [0, 0.1) is 0 Å². The first kappa shape index (κ1) is 14.1. The van der Waals surface area contributed by atoms with Crippen molar-refractivity contribution in [2.75, 3.05) is 18.8 Å². The van der Waals surface area contributed by atoms with Crippen LogP contribution in [-0.4, -0.2) is 45.0 Å². The van der Waals surface area contributed by atoms with Gasteiger partial charge in [-0.25, -0.2) is 4.98 Å². The van der Waals surface area contributed by atoms with Gasteiger partial charge in [-0.3, -0.25) is 9.79 Å². The first-order valence-corrected chi connectivity index (χ1v) is 7.25. The van der Waals surface area contributed by atoms with Gasteiger partial charge in [0.25, 0.3) is 0 Å². The van der Waals surface area contributed by atoms with Crippen molar-refractivity contribution in [3.8, 4) is 0 Å². The van der Waals surface area contributed by atoms with Crippen molar-refractivity contribution < 1.29 is 9.90 Å². The number of nitrogens with zero attached hydrogens (tertiary/aromatic N) is 3. The molecule has 1 fully saturated rings. The van der Waals surface area contributed by atoms with Gasteiger partial charge in [-0.05, 0) is 18.6 Å². The Morgan fingerprint density at radius 1 is 1.68 bits per heavy atom. The minimum absolute atomic E-state index is 0.0174. The Hall–Kier alpha value is -1.27. The standard InChI is InChI=1S/C12H14ClN3O2S/c1-2-14-12-16(6-11(17)18)9(7-19-12)8-3-4-10(13)15-5-8/h3-5,9H,2,6-7H2,1H3,(H,17,18). The lowest BCUT2D eigenvalue weighted by Crippen LogP contribution is -2.33. The molecule has 0 aliphatic carbocycles. The van der Waals surface area contributed by atoms with E-state index in [0.29, 0.717) is 11.7 Å². The number of aliphatic imine (C=N–C) groups is 1. The van der Waals surface area contributed by atoms with Gasteiger partial charge in [-0.1, -0.05) is 29.4 Å². The number of carboxylic acids is 1. The molecule has 1 aliphatic rings. The zero-order valence-electron chi connectivity index (χ0n) is 10.4. The van der Waals surface area contributed by atoms with Crippen LogP contribution in [0.2, 0.25) is 5.15 Å². The molecule has 0 bridgehead atoms. The molecule has 1 unspecified atom stereocenters. The zero-order chi connectivity index (χ0) is 13.8. The number of pyridine rings is 1. The number of halogens is 1. The van der Waals surface area contributed by atoms with Gasteiger partial charge in [0.15, 0.2) is 5.17 Å². The number of hydrogen-bond acceptors (Lipinski definition) is 4. The van der Waals surface area contributed by atoms with Crippen LogP contribution in [0.4, 0.5) is 0 Å². The summed E-state index contributed by atoms with van der Waals surface area (Å²) in [6.45, 7) is 2.52. The average Bonchev–Trinajstić information content (AvgIpc) is 2.73. The summed E-state index contributed by atoms with van der Waals surface area (Å²) in [6.07, 6.45) is 1.69. The van der Waals surface area contributed by atoms with Crippen molar-refractivity contribution >= 4 is 34.5 Å². The van der Waals surface area contributed by atoms with Crippen molar-refractivity contribution in [2.24, 2.45) is 4.99 Å². The van der Waals surface area contributed by atoms with E-state index < -0.39 is 5.97 Å². The van der Waals surface area contributed by atoms with E-state index in [1.54, 1.807) is 28.9 Å². The summed E-state index contributed by atoms with van der Waals surface area (Å²) in [4.78, 5) is 21.2. The molecule has 2 heterocycles. The third-order valence-electron chi connectivity index (χ3n) is 2.73. The highest BCUT2D eigenvalue weighted by Gasteiger charge is 2.32. The molecule has 0 saturated carbocycles. The van der Waals surface area contributed by atoms with Gasteiger partial charge in [0.05, 0.1) is 6.04 Å². The quantitative estimate of drug-likeness (QED) is 0.864. The number of thioether (sulfide) groups is 1. The molecule has 0 spiro atoms. The predicted molar refractivity (Wildman–Crippen MR) is 76.8 cm³/mol. The number of aromatic nitrogens is 1. The zero-order valence-corrected chi connectivity index (χ0v) is 12.0. The van der Waals surface area contributed by atoms with E-state index in [9.17, 15) is 4.79 Å². The normalized spacial score (nSPS) is 21.1. The monoisotopic (exact) mass is 299 g/mol. The average molecular weight is 300 g/mol. The number of rotatable bonds is 4. The Balaban J connectivity index is 2.26. The maximum atomic E-state index is 11.0. The SMILES string of the molecule is CCN=C1SCC(c2ccc(Cl)nc2)N1CC(=O)O. The topological polar surface area (TPSA) is 65.8 Å². The molecule has 102 valence electrons. The molecule has 7 heteroatoms. The van der Waals surface area contributed by atoms with Crippen molar-refractivity contribution in [1.29, 1.82) is 0 Å². The first-order valence-electron chi connectivity index (χ1n) is 5.89. The summed E-state index contributed by atoms with van der Waals surface area (Å²) in [5.41, 5.74) is 0.958. The van der Waals surface area contributed by atoms with Gasteiger partial charge in [-0.2, -0.15) is 0 Å². The molecule has 1 N–H and O–H groups in total. The summed E-state index contributed by atoms with van der Waals surface area (Å²) in [7, 11) is 0. The van der Waals surface area contributed by atoms with Gasteiger partial charge in [0.1, 0.15) is 11.7 Å². The van der Waals surface area contributed by atoms with Crippen molar-refractivity contribution in [2.45, 2.75) is 13.0 Å². The molecule has 1 aromatic rings. The molecule has 1 saturated heterocycles. The largest absolute Gasteiger partial charge is 0.480 e. The van der Waals surface area contributed by atoms with Crippen molar-refractivity contribution in [1.82, 2.24) is 9.88 Å². The second-order valence-electron chi connectivity index (χ2n) is 4.02. The van der Waals surface area contributed by atoms with E-state index in [2.05, 4.69) is 9.98 Å². The van der Waals surface area contributed by atoms with Gasteiger partial charge in [-0.15, -0.1) is 0 Å². The first-order chi connectivity index (χ1) is 9.11. The fraction of sp³-hybridized carbons (Fsp3) is 0.417. The highest BCUT2D eigenvalue weighted by Crippen LogP contribution is 2.34. The molecular weight excluding hydrogens is 286 g/mol. The Morgan fingerprint density at radius 2 is 2.47 bits per heavy atom. The van der Waals surface area contributed by atoms with Crippen molar-refractivity contribution in [3.63, 3.8) is 0 Å². The Bertz CT molecular complexity index is 492. The molecule has 0 aromatic carbocycles. The number of amidine groups is 1. The maximum Gasteiger partial charge on any atom is 0.323 e. The highest BCUT2D eigenvalue weighted by molar-refractivity contribution is 8.14. The van der Waals surface area contributed by atoms with Crippen LogP contribution in [0.25, 0.3) is 0 Å². The molecule has 5 nitrogen and oxygen atoms in total. The van der Waals surface area contributed by atoms with E-state index in [-0.39, 0.29) is 12.6 Å². The van der Waals surface area contributed by atoms with Gasteiger partial charge < -0.3 is 10.0 Å². The highest BCUT2D eigenvalue weighted by atomic mass is 35.5. The Labute approximate surface area is 120 Å². The van der Waals surface area contributed by atoms with Gasteiger partial charge in [0.2, 0.25) is 0 Å². The molecule has 0 amide bonds. The Kier molecular flexibility index (Phi) is 4.66. The second kappa shape index (κ2) is 6.25. The maximum absolute atomic E-state index is 11.0. The lowest BCUT2D eigenvalue weighted by molar-refractivity contribution is -0.137. The minimum Gasteiger partial charge on any atom is -0.480 e. The predicted octanol–water partition coefficient (Wildman–Crippen LogP) is 2.29. The summed E-state index contributed by atoms with van der Waals surface area (Å²) in [6, 6.07) is 3.58. The Morgan fingerprint density at radius 3 is 3.05 bits per heavy atom. The number of aliphatic carboxylic acids is 1. The van der Waals surface area contributed by atoms with Crippen LogP contribution < -0.4 is 0 Å². The molecule has 1 aromatic heterocycles. The second-order valence-corrected chi connectivity index (χ2v) is 5.39. The van der Waals surface area contributed by atoms with Crippen LogP contribution in [0.15, 0.2) is 23.3 Å². The summed E-state index contributed by atoms with van der Waals surface area (Å²) >= 11 is 7.35. The van der Waals surface area contributed by atoms with Gasteiger partial charge in [0, 0.05) is 18.5 Å². The van der Waals surface area contributed by atoms with E-state index in [0.717, 1.165) is 16.5 Å². The molecule has 1 atom stereocenters. The van der Waals surface area contributed by atoms with E-state index in [1.807, 2.05) is 13.0 Å². The number of hydrogen-bond donors (Lipinski definition) is 1. The molecule has 2 rings (SSSR count). The molecule has 19 heavy (non-hydrogen) atoms. The van der Waals surface area contributed by atoms with Crippen LogP contribution >= 0.6 is 23.4 Å². The minimum atomic E-state index is -0.863. The van der Waals surface area contributed by atoms with Crippen LogP contribution in [-0.2, 0) is 4.79 Å². The smallest absolute Gasteiger partial charge is 0.323 e. The lowest BCUT2D eigenvalue weighted by Gasteiger charge is -2.24. The van der Waals surface area contributed by atoms with E-state index in [1.165, 1.54) is 0 Å². The van der Waals surface area contributed by atoms with Gasteiger partial charge >= 0.3 is 5.97 Å². The number of carbonyl (C=O) groups is 1. The van der Waals surface area contributed by atoms with Crippen LogP contribution in [0.1, 0.15) is 18.5 Å². The number of carboxylic acid groups (broad SMARTS) is 1. The van der Waals surface area contributed by atoms with E-state index >= 15 is 0 Å². The fourth-order valence-electron chi connectivity index (χ4n) is 1.92. The summed E-state index contributed by atoms with van der Waals surface area (Å²) < 4.78 is 0. The molecule has 1 aliphatic heterocycles. The van der Waals surface area contributed by atoms with E-state index in [4.69, 9.17) is 16.7 Å². The fourth-order valence-corrected chi connectivity index (χ4v) is 3.28. The van der Waals surface area contributed by atoms with Crippen LogP contribution in [0.5, 0.6) is 0 Å². The third-order valence-corrected chi connectivity index (χ3v) is 4.05. The van der Waals surface area contributed by atoms with Crippen LogP contribution in [0.3, 0.4) is 0 Å². The molecule has 0 radical (unpaired) electrons. The van der Waals surface area contributed by atoms with Crippen molar-refractivity contribution in [3.05, 3.63) is 29.0 Å². The lowest BCUT2D eigenvalue weighted by atomic mass is 10.1.